The van der Waals surface area contributed by atoms with Gasteiger partial charge < -0.3 is 10.1 Å². The van der Waals surface area contributed by atoms with Gasteiger partial charge >= 0.3 is 0 Å². The van der Waals surface area contributed by atoms with Crippen LogP contribution >= 0.6 is 0 Å². The highest BCUT2D eigenvalue weighted by molar-refractivity contribution is 5.34. The van der Waals surface area contributed by atoms with Crippen LogP contribution in [0, 0.1) is 17.1 Å². The van der Waals surface area contributed by atoms with Gasteiger partial charge in [0, 0.05) is 17.6 Å². The number of nitriles is 1. The summed E-state index contributed by atoms with van der Waals surface area (Å²) < 4.78 is 18.9. The first-order valence-corrected chi connectivity index (χ1v) is 6.45. The zero-order valence-electron chi connectivity index (χ0n) is 12.0. The standard InChI is InChI=1S/C15H21FN2O/c1-5-13(9-17)19-14-7-6-12(16)8-11(14)10-18-15(2,3)4/h6-8,13,18H,5,10H2,1-4H3. The zero-order valence-corrected chi connectivity index (χ0v) is 12.0. The molecular formula is C15H21FN2O. The molecule has 19 heavy (non-hydrogen) atoms. The van der Waals surface area contributed by atoms with E-state index in [0.29, 0.717) is 18.7 Å². The van der Waals surface area contributed by atoms with Crippen LogP contribution in [-0.2, 0) is 6.54 Å². The first-order valence-electron chi connectivity index (χ1n) is 6.45. The minimum atomic E-state index is -0.501. The molecule has 1 N–H and O–H groups in total. The number of hydrogen-bond donors (Lipinski definition) is 1. The number of nitrogens with zero attached hydrogens (tertiary/aromatic N) is 1. The lowest BCUT2D eigenvalue weighted by Gasteiger charge is -2.22. The molecule has 0 amide bonds. The van der Waals surface area contributed by atoms with Crippen molar-refractivity contribution in [1.29, 1.82) is 5.26 Å². The third-order valence-electron chi connectivity index (χ3n) is 2.62. The van der Waals surface area contributed by atoms with Gasteiger partial charge in [0.15, 0.2) is 6.10 Å². The van der Waals surface area contributed by atoms with Gasteiger partial charge in [-0.25, -0.2) is 4.39 Å². The van der Waals surface area contributed by atoms with Crippen LogP contribution in [0.2, 0.25) is 0 Å². The first kappa shape index (κ1) is 15.5. The lowest BCUT2D eigenvalue weighted by Crippen LogP contribution is -2.35. The van der Waals surface area contributed by atoms with Crippen LogP contribution < -0.4 is 10.1 Å². The summed E-state index contributed by atoms with van der Waals surface area (Å²) in [6.07, 6.45) is 0.0962. The van der Waals surface area contributed by atoms with Crippen LogP contribution in [0.3, 0.4) is 0 Å². The number of rotatable bonds is 5. The molecule has 0 heterocycles. The van der Waals surface area contributed by atoms with Crippen LogP contribution in [0.5, 0.6) is 5.75 Å². The van der Waals surface area contributed by atoms with E-state index in [2.05, 4.69) is 11.4 Å². The first-order chi connectivity index (χ1) is 8.85. The van der Waals surface area contributed by atoms with Gasteiger partial charge in [0.1, 0.15) is 17.6 Å². The van der Waals surface area contributed by atoms with Crippen molar-refractivity contribution in [3.05, 3.63) is 29.6 Å². The molecule has 104 valence electrons. The minimum absolute atomic E-state index is 0.0665. The van der Waals surface area contributed by atoms with Crippen molar-refractivity contribution in [3.8, 4) is 11.8 Å². The second kappa shape index (κ2) is 6.53. The molecule has 3 nitrogen and oxygen atoms in total. The molecule has 1 aromatic carbocycles. The molecule has 1 atom stereocenters. The molecule has 4 heteroatoms. The van der Waals surface area contributed by atoms with Crippen LogP contribution in [0.15, 0.2) is 18.2 Å². The Bertz CT molecular complexity index is 460. The van der Waals surface area contributed by atoms with Crippen LogP contribution in [0.1, 0.15) is 39.7 Å². The van der Waals surface area contributed by atoms with Crippen molar-refractivity contribution < 1.29 is 9.13 Å². The predicted octanol–water partition coefficient (Wildman–Crippen LogP) is 3.39. The van der Waals surface area contributed by atoms with E-state index in [1.807, 2.05) is 27.7 Å². The highest BCUT2D eigenvalue weighted by atomic mass is 19.1. The van der Waals surface area contributed by atoms with Gasteiger partial charge in [-0.1, -0.05) is 6.92 Å². The molecule has 0 saturated carbocycles. The van der Waals surface area contributed by atoms with Crippen molar-refractivity contribution in [1.82, 2.24) is 5.32 Å². The average Bonchev–Trinajstić information content (AvgIpc) is 2.34. The average molecular weight is 264 g/mol. The number of ether oxygens (including phenoxy) is 1. The highest BCUT2D eigenvalue weighted by Gasteiger charge is 2.14. The fourth-order valence-corrected chi connectivity index (χ4v) is 1.52. The molecule has 0 saturated heterocycles. The van der Waals surface area contributed by atoms with Gasteiger partial charge in [0.05, 0.1) is 0 Å². The Hall–Kier alpha value is -1.60. The zero-order chi connectivity index (χ0) is 14.5. The molecule has 0 aliphatic carbocycles. The van der Waals surface area contributed by atoms with Gasteiger partial charge in [-0.05, 0) is 45.4 Å². The monoisotopic (exact) mass is 264 g/mol. The Morgan fingerprint density at radius 2 is 2.11 bits per heavy atom. The smallest absolute Gasteiger partial charge is 0.184 e. The van der Waals surface area contributed by atoms with Gasteiger partial charge in [-0.2, -0.15) is 5.26 Å². The van der Waals surface area contributed by atoms with Crippen molar-refractivity contribution in [3.63, 3.8) is 0 Å². The second-order valence-electron chi connectivity index (χ2n) is 5.50. The van der Waals surface area contributed by atoms with E-state index in [-0.39, 0.29) is 11.4 Å². The molecule has 0 aromatic heterocycles. The van der Waals surface area contributed by atoms with Crippen molar-refractivity contribution in [2.45, 2.75) is 52.3 Å². The Kier molecular flexibility index (Phi) is 5.31. The molecular weight excluding hydrogens is 243 g/mol. The van der Waals surface area contributed by atoms with Gasteiger partial charge in [0.2, 0.25) is 0 Å². The maximum Gasteiger partial charge on any atom is 0.184 e. The lowest BCUT2D eigenvalue weighted by atomic mass is 10.1. The Labute approximate surface area is 114 Å². The minimum Gasteiger partial charge on any atom is -0.475 e. The molecule has 0 aliphatic heterocycles. The van der Waals surface area contributed by atoms with Gasteiger partial charge in [0.25, 0.3) is 0 Å². The molecule has 1 rings (SSSR count). The molecule has 0 spiro atoms. The van der Waals surface area contributed by atoms with E-state index in [1.165, 1.54) is 12.1 Å². The Morgan fingerprint density at radius 3 is 2.63 bits per heavy atom. The Morgan fingerprint density at radius 1 is 1.42 bits per heavy atom. The fourth-order valence-electron chi connectivity index (χ4n) is 1.52. The van der Waals surface area contributed by atoms with Crippen LogP contribution in [0.4, 0.5) is 4.39 Å². The highest BCUT2D eigenvalue weighted by Crippen LogP contribution is 2.22. The summed E-state index contributed by atoms with van der Waals surface area (Å²) in [7, 11) is 0. The SMILES string of the molecule is CCC(C#N)Oc1ccc(F)cc1CNC(C)(C)C. The summed E-state index contributed by atoms with van der Waals surface area (Å²) >= 11 is 0. The van der Waals surface area contributed by atoms with Gasteiger partial charge in [-0.15, -0.1) is 0 Å². The normalized spacial score (nSPS) is 12.8. The van der Waals surface area contributed by atoms with Crippen molar-refractivity contribution >= 4 is 0 Å². The van der Waals surface area contributed by atoms with E-state index >= 15 is 0 Å². The molecule has 0 bridgehead atoms. The molecule has 1 aromatic rings. The lowest BCUT2D eigenvalue weighted by molar-refractivity contribution is 0.247. The third-order valence-corrected chi connectivity index (χ3v) is 2.62. The van der Waals surface area contributed by atoms with E-state index in [0.717, 1.165) is 5.56 Å². The number of benzene rings is 1. The van der Waals surface area contributed by atoms with E-state index < -0.39 is 6.10 Å². The van der Waals surface area contributed by atoms with E-state index in [9.17, 15) is 4.39 Å². The summed E-state index contributed by atoms with van der Waals surface area (Å²) in [4.78, 5) is 0. The number of halogens is 1. The van der Waals surface area contributed by atoms with Crippen molar-refractivity contribution in [2.75, 3.05) is 0 Å². The summed E-state index contributed by atoms with van der Waals surface area (Å²) in [5.74, 6) is 0.259. The molecule has 1 unspecified atom stereocenters. The second-order valence-corrected chi connectivity index (χ2v) is 5.50. The Balaban J connectivity index is 2.89. The van der Waals surface area contributed by atoms with E-state index in [4.69, 9.17) is 10.00 Å². The van der Waals surface area contributed by atoms with Gasteiger partial charge in [-0.3, -0.25) is 0 Å². The largest absolute Gasteiger partial charge is 0.475 e. The number of hydrogen-bond acceptors (Lipinski definition) is 3. The summed E-state index contributed by atoms with van der Waals surface area (Å²) in [6, 6.07) is 6.45. The maximum atomic E-state index is 13.3. The van der Waals surface area contributed by atoms with Crippen LogP contribution in [0.25, 0.3) is 0 Å². The summed E-state index contributed by atoms with van der Waals surface area (Å²) in [5, 5.41) is 12.2. The van der Waals surface area contributed by atoms with Crippen LogP contribution in [-0.4, -0.2) is 11.6 Å². The van der Waals surface area contributed by atoms with E-state index in [1.54, 1.807) is 6.07 Å². The quantitative estimate of drug-likeness (QED) is 0.886. The molecule has 0 radical (unpaired) electrons. The van der Waals surface area contributed by atoms with Crippen molar-refractivity contribution in [2.24, 2.45) is 0 Å². The summed E-state index contributed by atoms with van der Waals surface area (Å²) in [5.41, 5.74) is 0.659. The molecule has 0 aliphatic rings. The summed E-state index contributed by atoms with van der Waals surface area (Å²) in [6.45, 7) is 8.49. The maximum absolute atomic E-state index is 13.3. The topological polar surface area (TPSA) is 45.0 Å². The molecule has 0 fully saturated rings. The number of nitrogens with one attached hydrogen (secondary N) is 1. The third kappa shape index (κ3) is 5.27. The fraction of sp³-hybridized carbons (Fsp3) is 0.533. The predicted molar refractivity (Wildman–Crippen MR) is 73.3 cm³/mol.